The molecular weight excluding hydrogens is 550 g/mol. The van der Waals surface area contributed by atoms with Gasteiger partial charge in [0, 0.05) is 47.5 Å². The lowest BCUT2D eigenvalue weighted by Crippen LogP contribution is -2.49. The molecule has 2 aromatic carbocycles. The number of aryl methyl sites for hydroxylation is 1. The normalized spacial score (nSPS) is 11.4. The number of fused-ring (bicyclic) bond motifs is 1. The summed E-state index contributed by atoms with van der Waals surface area (Å²) in [6, 6.07) is 14.2. The van der Waals surface area contributed by atoms with E-state index in [0.29, 0.717) is 45.2 Å². The molecule has 0 spiro atoms. The first kappa shape index (κ1) is 27.0. The molecule has 10 heteroatoms. The van der Waals surface area contributed by atoms with Gasteiger partial charge in [0.2, 0.25) is 11.8 Å². The van der Waals surface area contributed by atoms with Crippen LogP contribution in [0.1, 0.15) is 35.5 Å². The van der Waals surface area contributed by atoms with Crippen LogP contribution in [-0.4, -0.2) is 45.8 Å². The van der Waals surface area contributed by atoms with Gasteiger partial charge in [-0.05, 0) is 62.2 Å². The molecule has 0 aliphatic carbocycles. The summed E-state index contributed by atoms with van der Waals surface area (Å²) in [7, 11) is 1.71. The maximum atomic E-state index is 13.2. The van der Waals surface area contributed by atoms with Gasteiger partial charge in [-0.15, -0.1) is 0 Å². The Bertz CT molecular complexity index is 1580. The Balaban J connectivity index is 1.62. The van der Waals surface area contributed by atoms with Gasteiger partial charge in [-0.3, -0.25) is 14.6 Å². The summed E-state index contributed by atoms with van der Waals surface area (Å²) >= 11 is 3.49. The van der Waals surface area contributed by atoms with Gasteiger partial charge in [0.15, 0.2) is 0 Å². The Morgan fingerprint density at radius 2 is 1.89 bits per heavy atom. The maximum absolute atomic E-state index is 13.2. The van der Waals surface area contributed by atoms with E-state index in [1.807, 2.05) is 18.2 Å². The minimum atomic E-state index is -1.10. The number of aromatic nitrogens is 2. The summed E-state index contributed by atoms with van der Waals surface area (Å²) in [6.45, 7) is 5.63. The van der Waals surface area contributed by atoms with Gasteiger partial charge in [-0.1, -0.05) is 34.1 Å². The molecule has 9 nitrogen and oxygen atoms in total. The summed E-state index contributed by atoms with van der Waals surface area (Å²) in [4.78, 5) is 48.7. The zero-order chi connectivity index (χ0) is 27.6. The molecule has 0 aliphatic heterocycles. The molecule has 0 saturated carbocycles. The molecule has 2 aromatic heterocycles. The molecule has 0 bridgehead atoms. The Hall–Kier alpha value is -4.05. The number of halogens is 1. The number of benzene rings is 2. The van der Waals surface area contributed by atoms with Crippen LogP contribution in [-0.2, 0) is 11.2 Å². The highest BCUT2D eigenvalue weighted by atomic mass is 79.9. The fourth-order valence-corrected chi connectivity index (χ4v) is 4.95. The predicted octanol–water partition coefficient (Wildman–Crippen LogP) is 4.31. The lowest BCUT2D eigenvalue weighted by atomic mass is 9.93. The number of carbonyl (C=O) groups excluding carboxylic acids is 2. The number of primary amides is 1. The Morgan fingerprint density at radius 1 is 1.13 bits per heavy atom. The van der Waals surface area contributed by atoms with Crippen LogP contribution in [0.3, 0.4) is 0 Å². The van der Waals surface area contributed by atoms with E-state index in [4.69, 9.17) is 10.2 Å². The third-order valence-corrected chi connectivity index (χ3v) is 7.00. The van der Waals surface area contributed by atoms with E-state index < -0.39 is 17.1 Å². The maximum Gasteiger partial charge on any atom is 0.348 e. The van der Waals surface area contributed by atoms with Crippen LogP contribution < -0.4 is 16.7 Å². The lowest BCUT2D eigenvalue weighted by molar-refractivity contribution is -0.133. The second kappa shape index (κ2) is 10.7. The topological polar surface area (TPSA) is 131 Å². The highest BCUT2D eigenvalue weighted by Gasteiger charge is 2.32. The van der Waals surface area contributed by atoms with E-state index in [2.05, 4.69) is 31.2 Å². The number of carbonyl (C=O) groups is 2. The van der Waals surface area contributed by atoms with Gasteiger partial charge < -0.3 is 20.4 Å². The number of hydrogen-bond acceptors (Lipinski definition) is 7. The Labute approximate surface area is 228 Å². The van der Waals surface area contributed by atoms with Crippen LogP contribution in [0.5, 0.6) is 0 Å². The molecular formula is C28H28BrN5O4. The van der Waals surface area contributed by atoms with Crippen LogP contribution in [0.2, 0.25) is 0 Å². The molecule has 0 saturated heterocycles. The zero-order valence-corrected chi connectivity index (χ0v) is 23.1. The van der Waals surface area contributed by atoms with Crippen molar-refractivity contribution in [3.8, 4) is 11.1 Å². The first-order chi connectivity index (χ1) is 18.0. The highest BCUT2D eigenvalue weighted by molar-refractivity contribution is 9.10. The minimum Gasteiger partial charge on any atom is -0.389 e. The van der Waals surface area contributed by atoms with Gasteiger partial charge in [0.25, 0.3) is 6.01 Å². The standard InChI is InChI=1S/C28H28BrN5O4/c1-16-18(23-19(24(30)35)9-7-10-20(23)29)11-12-21-22(16)25(36)38-27(32-21)33-28(2,3)26(37)34(4)15-13-17-8-5-6-14-31-17/h5-12,14H,13,15H2,1-4H3,(H2,30,35)(H,32,33). The fraction of sp³-hybridized carbons (Fsp3) is 0.250. The van der Waals surface area contributed by atoms with Crippen molar-refractivity contribution < 1.29 is 14.0 Å². The smallest absolute Gasteiger partial charge is 0.348 e. The molecule has 0 atom stereocenters. The third-order valence-electron chi connectivity index (χ3n) is 6.34. The first-order valence-electron chi connectivity index (χ1n) is 12.0. The first-order valence-corrected chi connectivity index (χ1v) is 12.8. The van der Waals surface area contributed by atoms with Crippen molar-refractivity contribution in [2.45, 2.75) is 32.7 Å². The average molecular weight is 578 g/mol. The molecule has 4 aromatic rings. The zero-order valence-electron chi connectivity index (χ0n) is 21.5. The molecule has 3 N–H and O–H groups in total. The quantitative estimate of drug-likeness (QED) is 0.319. The van der Waals surface area contributed by atoms with E-state index in [1.54, 1.807) is 69.2 Å². The van der Waals surface area contributed by atoms with E-state index in [-0.39, 0.29) is 17.3 Å². The number of nitrogens with one attached hydrogen (secondary N) is 1. The summed E-state index contributed by atoms with van der Waals surface area (Å²) < 4.78 is 6.17. The molecule has 38 heavy (non-hydrogen) atoms. The largest absolute Gasteiger partial charge is 0.389 e. The second-order valence-electron chi connectivity index (χ2n) is 9.51. The van der Waals surface area contributed by atoms with Crippen molar-refractivity contribution in [2.24, 2.45) is 5.73 Å². The fourth-order valence-electron chi connectivity index (χ4n) is 4.37. The van der Waals surface area contributed by atoms with Gasteiger partial charge >= 0.3 is 5.63 Å². The SMILES string of the molecule is Cc1c(-c2c(Br)cccc2C(N)=O)ccc2nc(NC(C)(C)C(=O)N(C)CCc3ccccn3)oc(=O)c12. The van der Waals surface area contributed by atoms with Crippen LogP contribution in [0.15, 0.2) is 68.4 Å². The van der Waals surface area contributed by atoms with E-state index in [1.165, 1.54) is 0 Å². The van der Waals surface area contributed by atoms with Crippen LogP contribution in [0.4, 0.5) is 6.01 Å². The van der Waals surface area contributed by atoms with Crippen LogP contribution >= 0.6 is 15.9 Å². The number of rotatable bonds is 8. The van der Waals surface area contributed by atoms with E-state index in [0.717, 1.165) is 5.69 Å². The van der Waals surface area contributed by atoms with Crippen LogP contribution in [0, 0.1) is 6.92 Å². The van der Waals surface area contributed by atoms with Gasteiger partial charge in [-0.25, -0.2) is 4.79 Å². The number of pyridine rings is 1. The molecule has 0 aliphatic rings. The minimum absolute atomic E-state index is 0.0650. The lowest BCUT2D eigenvalue weighted by Gasteiger charge is -2.30. The molecule has 196 valence electrons. The van der Waals surface area contributed by atoms with Gasteiger partial charge in [0.1, 0.15) is 5.54 Å². The molecule has 0 unspecified atom stereocenters. The van der Waals surface area contributed by atoms with Crippen molar-refractivity contribution in [2.75, 3.05) is 18.9 Å². The molecule has 4 rings (SSSR count). The summed E-state index contributed by atoms with van der Waals surface area (Å²) in [5.74, 6) is -0.778. The summed E-state index contributed by atoms with van der Waals surface area (Å²) in [5.41, 5.74) is 7.31. The van der Waals surface area contributed by atoms with Crippen molar-refractivity contribution in [1.82, 2.24) is 14.9 Å². The summed E-state index contributed by atoms with van der Waals surface area (Å²) in [6.07, 6.45) is 2.33. The van der Waals surface area contributed by atoms with Crippen molar-refractivity contribution >= 4 is 44.7 Å². The Morgan fingerprint density at radius 3 is 2.58 bits per heavy atom. The number of nitrogens with two attached hydrogens (primary N) is 1. The monoisotopic (exact) mass is 577 g/mol. The number of anilines is 1. The van der Waals surface area contributed by atoms with Crippen LogP contribution in [0.25, 0.3) is 22.0 Å². The molecule has 0 radical (unpaired) electrons. The van der Waals surface area contributed by atoms with Crippen molar-refractivity contribution in [3.63, 3.8) is 0 Å². The molecule has 2 heterocycles. The Kier molecular flexibility index (Phi) is 7.63. The number of hydrogen-bond donors (Lipinski definition) is 2. The van der Waals surface area contributed by atoms with Crippen molar-refractivity contribution in [1.29, 1.82) is 0 Å². The summed E-state index contributed by atoms with van der Waals surface area (Å²) in [5, 5.41) is 3.25. The van der Waals surface area contributed by atoms with E-state index >= 15 is 0 Å². The van der Waals surface area contributed by atoms with Gasteiger partial charge in [-0.2, -0.15) is 4.98 Å². The van der Waals surface area contributed by atoms with E-state index in [9.17, 15) is 14.4 Å². The third kappa shape index (κ3) is 5.45. The van der Waals surface area contributed by atoms with Crippen molar-refractivity contribution in [3.05, 3.63) is 86.4 Å². The number of amides is 2. The average Bonchev–Trinajstić information content (AvgIpc) is 2.87. The second-order valence-corrected chi connectivity index (χ2v) is 10.4. The number of nitrogens with zero attached hydrogens (tertiary/aromatic N) is 3. The highest BCUT2D eigenvalue weighted by Crippen LogP contribution is 2.36. The van der Waals surface area contributed by atoms with Gasteiger partial charge in [0.05, 0.1) is 10.9 Å². The predicted molar refractivity (Wildman–Crippen MR) is 150 cm³/mol. The number of likely N-dealkylation sites (N-methyl/N-ethyl adjacent to an activating group) is 1. The molecule has 0 fully saturated rings. The molecule has 2 amide bonds.